The normalized spacial score (nSPS) is 14.5. The number of aromatic nitrogens is 3. The van der Waals surface area contributed by atoms with E-state index in [1.807, 2.05) is 59.0 Å². The fraction of sp³-hybridized carbons (Fsp3) is 0.188. The van der Waals surface area contributed by atoms with Gasteiger partial charge in [0.15, 0.2) is 0 Å². The summed E-state index contributed by atoms with van der Waals surface area (Å²) >= 11 is 0. The van der Waals surface area contributed by atoms with Gasteiger partial charge in [-0.05, 0) is 67.8 Å². The minimum Gasteiger partial charge on any atom is -0.308 e. The van der Waals surface area contributed by atoms with E-state index in [1.54, 1.807) is 0 Å². The summed E-state index contributed by atoms with van der Waals surface area (Å²) in [6.07, 6.45) is 2.85. The fourth-order valence-corrected chi connectivity index (χ4v) is 5.46. The zero-order chi connectivity index (χ0) is 26.2. The fourth-order valence-electron chi connectivity index (χ4n) is 5.46. The first-order valence-electron chi connectivity index (χ1n) is 13.1. The lowest BCUT2D eigenvalue weighted by Crippen LogP contribution is -2.38. The highest BCUT2D eigenvalue weighted by atomic mass is 16.2. The van der Waals surface area contributed by atoms with Gasteiger partial charge >= 0.3 is 6.03 Å². The van der Waals surface area contributed by atoms with Crippen LogP contribution < -0.4 is 5.32 Å². The molecule has 0 spiro atoms. The Labute approximate surface area is 223 Å². The van der Waals surface area contributed by atoms with Gasteiger partial charge in [0.2, 0.25) is 0 Å². The van der Waals surface area contributed by atoms with Crippen LogP contribution in [0.15, 0.2) is 97.2 Å². The number of nitrogens with one attached hydrogen (secondary N) is 1. The molecule has 1 aliphatic rings. The van der Waals surface area contributed by atoms with Crippen molar-refractivity contribution in [2.75, 3.05) is 5.32 Å². The van der Waals surface area contributed by atoms with Gasteiger partial charge in [0.25, 0.3) is 0 Å². The molecule has 2 aromatic heterocycles. The Hall–Kier alpha value is -4.58. The van der Waals surface area contributed by atoms with Crippen LogP contribution in [-0.4, -0.2) is 25.3 Å². The van der Waals surface area contributed by atoms with Crippen LogP contribution in [0.4, 0.5) is 10.5 Å². The molecule has 6 rings (SSSR count). The van der Waals surface area contributed by atoms with Gasteiger partial charge in [0, 0.05) is 17.4 Å². The summed E-state index contributed by atoms with van der Waals surface area (Å²) in [7, 11) is 0. The van der Waals surface area contributed by atoms with Crippen LogP contribution in [0.2, 0.25) is 0 Å². The standard InChI is InChI=1S/C32H31N5O/c1-4-28-27-21-36(32(38)33-25-14-9-12-23(3)20-25)30(24-13-8-11-22(2)19-24)29-17-10-18-35(29)31(27)37(34-28)26-15-6-5-7-16-26/h5-20,30H,4,21H2,1-3H3,(H,33,38)/t30-/m1/s1. The molecule has 2 amide bonds. The molecule has 0 saturated heterocycles. The number of nitrogens with zero attached hydrogens (tertiary/aromatic N) is 4. The van der Waals surface area contributed by atoms with Crippen LogP contribution in [0.25, 0.3) is 11.5 Å². The lowest BCUT2D eigenvalue weighted by Gasteiger charge is -2.31. The molecule has 0 aliphatic carbocycles. The van der Waals surface area contributed by atoms with Crippen LogP contribution >= 0.6 is 0 Å². The van der Waals surface area contributed by atoms with Gasteiger partial charge < -0.3 is 14.8 Å². The van der Waals surface area contributed by atoms with Gasteiger partial charge in [-0.25, -0.2) is 9.48 Å². The molecule has 6 heteroatoms. The van der Waals surface area contributed by atoms with Crippen molar-refractivity contribution in [3.63, 3.8) is 0 Å². The van der Waals surface area contributed by atoms with Crippen molar-refractivity contribution in [2.24, 2.45) is 0 Å². The number of anilines is 1. The molecule has 1 aliphatic heterocycles. The third kappa shape index (κ3) is 4.18. The van der Waals surface area contributed by atoms with Crippen LogP contribution in [0, 0.1) is 13.8 Å². The maximum absolute atomic E-state index is 14.1. The van der Waals surface area contributed by atoms with Crippen LogP contribution in [0.3, 0.4) is 0 Å². The van der Waals surface area contributed by atoms with E-state index in [0.717, 1.165) is 57.3 Å². The van der Waals surface area contributed by atoms with Gasteiger partial charge in [-0.1, -0.05) is 67.1 Å². The third-order valence-corrected chi connectivity index (χ3v) is 7.19. The molecule has 0 bridgehead atoms. The maximum atomic E-state index is 14.1. The number of aryl methyl sites for hydroxylation is 3. The second-order valence-corrected chi connectivity index (χ2v) is 9.90. The average Bonchev–Trinajstić information content (AvgIpc) is 3.50. The largest absolute Gasteiger partial charge is 0.322 e. The molecule has 190 valence electrons. The van der Waals surface area contributed by atoms with E-state index in [4.69, 9.17) is 5.10 Å². The quantitative estimate of drug-likeness (QED) is 0.289. The first kappa shape index (κ1) is 23.8. The van der Waals surface area contributed by atoms with Crippen molar-refractivity contribution < 1.29 is 4.79 Å². The van der Waals surface area contributed by atoms with Crippen molar-refractivity contribution in [3.05, 3.63) is 131 Å². The SMILES string of the molecule is CCc1nn(-c2ccccc2)c2c1CN(C(=O)Nc1cccc(C)c1)[C@H](c1cccc(C)c1)c1cccn1-2. The van der Waals surface area contributed by atoms with Gasteiger partial charge in [0.05, 0.1) is 29.7 Å². The Morgan fingerprint density at radius 2 is 1.68 bits per heavy atom. The molecular weight excluding hydrogens is 470 g/mol. The minimum absolute atomic E-state index is 0.141. The summed E-state index contributed by atoms with van der Waals surface area (Å²) in [6, 6.07) is 30.3. The molecular formula is C32H31N5O. The zero-order valence-electron chi connectivity index (χ0n) is 21.9. The molecule has 5 aromatic rings. The Bertz CT molecular complexity index is 1610. The van der Waals surface area contributed by atoms with Gasteiger partial charge in [-0.2, -0.15) is 5.10 Å². The smallest absolute Gasteiger partial charge is 0.308 e. The number of benzene rings is 3. The molecule has 0 radical (unpaired) electrons. The first-order chi connectivity index (χ1) is 18.5. The second-order valence-electron chi connectivity index (χ2n) is 9.90. The Morgan fingerprint density at radius 1 is 0.921 bits per heavy atom. The van der Waals surface area contributed by atoms with Gasteiger partial charge in [-0.15, -0.1) is 0 Å². The Morgan fingerprint density at radius 3 is 2.42 bits per heavy atom. The summed E-state index contributed by atoms with van der Waals surface area (Å²) in [5.41, 5.74) is 8.18. The summed E-state index contributed by atoms with van der Waals surface area (Å²) in [5.74, 6) is 0.983. The van der Waals surface area contributed by atoms with Crippen LogP contribution in [0.1, 0.15) is 46.6 Å². The van der Waals surface area contributed by atoms with E-state index < -0.39 is 0 Å². The molecule has 1 atom stereocenters. The highest BCUT2D eigenvalue weighted by molar-refractivity contribution is 5.90. The number of carbonyl (C=O) groups is 1. The summed E-state index contributed by atoms with van der Waals surface area (Å²) in [5, 5.41) is 8.21. The highest BCUT2D eigenvalue weighted by Gasteiger charge is 2.36. The number of rotatable bonds is 4. The number of hydrogen-bond acceptors (Lipinski definition) is 2. The summed E-state index contributed by atoms with van der Waals surface area (Å²) in [6.45, 7) is 6.67. The van der Waals surface area contributed by atoms with Gasteiger partial charge in [0.1, 0.15) is 5.82 Å². The monoisotopic (exact) mass is 501 g/mol. The Balaban J connectivity index is 1.56. The molecule has 1 N–H and O–H groups in total. The van der Waals surface area contributed by atoms with Crippen LogP contribution in [-0.2, 0) is 13.0 Å². The van der Waals surface area contributed by atoms with E-state index in [0.29, 0.717) is 6.54 Å². The molecule has 0 fully saturated rings. The van der Waals surface area contributed by atoms with E-state index in [1.165, 1.54) is 0 Å². The van der Waals surface area contributed by atoms with E-state index in [2.05, 4.69) is 78.5 Å². The number of fused-ring (bicyclic) bond motifs is 3. The lowest BCUT2D eigenvalue weighted by atomic mass is 10.00. The summed E-state index contributed by atoms with van der Waals surface area (Å²) < 4.78 is 4.23. The van der Waals surface area contributed by atoms with E-state index in [9.17, 15) is 4.79 Å². The predicted octanol–water partition coefficient (Wildman–Crippen LogP) is 6.98. The first-order valence-corrected chi connectivity index (χ1v) is 13.1. The van der Waals surface area contributed by atoms with Crippen molar-refractivity contribution in [1.82, 2.24) is 19.2 Å². The van der Waals surface area contributed by atoms with E-state index >= 15 is 0 Å². The lowest BCUT2D eigenvalue weighted by molar-refractivity contribution is 0.194. The number of carbonyl (C=O) groups excluding carboxylic acids is 1. The molecule has 3 heterocycles. The van der Waals surface area contributed by atoms with Crippen molar-refractivity contribution >= 4 is 11.7 Å². The average molecular weight is 502 g/mol. The highest BCUT2D eigenvalue weighted by Crippen LogP contribution is 2.39. The molecule has 3 aromatic carbocycles. The van der Waals surface area contributed by atoms with Crippen molar-refractivity contribution in [2.45, 2.75) is 39.8 Å². The number of amides is 2. The summed E-state index contributed by atoms with van der Waals surface area (Å²) in [4.78, 5) is 16.0. The third-order valence-electron chi connectivity index (χ3n) is 7.19. The molecule has 38 heavy (non-hydrogen) atoms. The topological polar surface area (TPSA) is 55.1 Å². The predicted molar refractivity (Wildman–Crippen MR) is 151 cm³/mol. The minimum atomic E-state index is -0.281. The molecule has 0 saturated carbocycles. The van der Waals surface area contributed by atoms with Gasteiger partial charge in [-0.3, -0.25) is 0 Å². The molecule has 0 unspecified atom stereocenters. The van der Waals surface area contributed by atoms with Crippen molar-refractivity contribution in [3.8, 4) is 11.5 Å². The van der Waals surface area contributed by atoms with E-state index in [-0.39, 0.29) is 12.1 Å². The van der Waals surface area contributed by atoms with Crippen LogP contribution in [0.5, 0.6) is 0 Å². The van der Waals surface area contributed by atoms with Crippen molar-refractivity contribution in [1.29, 1.82) is 0 Å². The second kappa shape index (κ2) is 9.71. The zero-order valence-corrected chi connectivity index (χ0v) is 21.9. The Kier molecular flexibility index (Phi) is 6.08. The number of urea groups is 1. The number of para-hydroxylation sites is 1. The molecule has 6 nitrogen and oxygen atoms in total. The maximum Gasteiger partial charge on any atom is 0.322 e. The number of hydrogen-bond donors (Lipinski definition) is 1.